The Hall–Kier alpha value is -2.11. The van der Waals surface area contributed by atoms with E-state index in [1.165, 1.54) is 0 Å². The van der Waals surface area contributed by atoms with Crippen molar-refractivity contribution in [3.8, 4) is 10.6 Å². The van der Waals surface area contributed by atoms with Crippen molar-refractivity contribution >= 4 is 11.3 Å². The van der Waals surface area contributed by atoms with Crippen LogP contribution in [0, 0.1) is 0 Å². The van der Waals surface area contributed by atoms with E-state index in [1.807, 2.05) is 18.2 Å². The largest absolute Gasteiger partial charge is 0.326 e. The predicted octanol–water partition coefficient (Wildman–Crippen LogP) is 2.65. The molecule has 2 heterocycles. The van der Waals surface area contributed by atoms with Crippen LogP contribution in [0.4, 0.5) is 0 Å². The van der Waals surface area contributed by atoms with Crippen LogP contribution in [-0.2, 0) is 13.0 Å². The second-order valence-electron chi connectivity index (χ2n) is 4.39. The van der Waals surface area contributed by atoms with Crippen LogP contribution in [0.15, 0.2) is 48.1 Å². The number of thiazole rings is 1. The summed E-state index contributed by atoms with van der Waals surface area (Å²) in [5.41, 5.74) is 8.85. The molecule has 2 aromatic heterocycles. The first-order chi connectivity index (χ1) is 9.85. The fourth-order valence-corrected chi connectivity index (χ4v) is 2.71. The van der Waals surface area contributed by atoms with Crippen molar-refractivity contribution in [2.24, 2.45) is 5.73 Å². The molecule has 0 radical (unpaired) electrons. The zero-order valence-electron chi connectivity index (χ0n) is 10.9. The van der Waals surface area contributed by atoms with Crippen LogP contribution in [-0.4, -0.2) is 15.0 Å². The van der Waals surface area contributed by atoms with E-state index in [4.69, 9.17) is 5.73 Å². The van der Waals surface area contributed by atoms with Gasteiger partial charge in [-0.15, -0.1) is 11.3 Å². The molecule has 0 spiro atoms. The molecule has 0 saturated carbocycles. The molecule has 100 valence electrons. The zero-order valence-corrected chi connectivity index (χ0v) is 11.7. The lowest BCUT2D eigenvalue weighted by atomic mass is 10.1. The maximum Gasteiger partial charge on any atom is 0.134 e. The molecule has 0 saturated heterocycles. The molecule has 4 nitrogen and oxygen atoms in total. The van der Waals surface area contributed by atoms with Gasteiger partial charge in [-0.05, 0) is 11.6 Å². The molecule has 0 amide bonds. The van der Waals surface area contributed by atoms with Crippen LogP contribution in [0.3, 0.4) is 0 Å². The second-order valence-corrected chi connectivity index (χ2v) is 5.24. The second kappa shape index (κ2) is 5.90. The van der Waals surface area contributed by atoms with Gasteiger partial charge in [0.25, 0.3) is 0 Å². The third-order valence-electron chi connectivity index (χ3n) is 2.95. The van der Waals surface area contributed by atoms with Crippen LogP contribution in [0.1, 0.15) is 17.1 Å². The molecule has 2 N–H and O–H groups in total. The summed E-state index contributed by atoms with van der Waals surface area (Å²) < 4.78 is 0. The van der Waals surface area contributed by atoms with Gasteiger partial charge in [0.05, 0.1) is 12.1 Å². The van der Waals surface area contributed by atoms with Crippen LogP contribution in [0.2, 0.25) is 0 Å². The monoisotopic (exact) mass is 282 g/mol. The van der Waals surface area contributed by atoms with Crippen LogP contribution in [0.25, 0.3) is 10.6 Å². The summed E-state index contributed by atoms with van der Waals surface area (Å²) in [5.74, 6) is 0.794. The van der Waals surface area contributed by atoms with E-state index in [2.05, 4.69) is 32.5 Å². The molecule has 0 fully saturated rings. The molecule has 5 heteroatoms. The van der Waals surface area contributed by atoms with Gasteiger partial charge in [-0.25, -0.2) is 15.0 Å². The first-order valence-corrected chi connectivity index (χ1v) is 7.23. The Kier molecular flexibility index (Phi) is 3.80. The summed E-state index contributed by atoms with van der Waals surface area (Å²) in [6, 6.07) is 10.0. The number of rotatable bonds is 4. The topological polar surface area (TPSA) is 64.7 Å². The molecular weight excluding hydrogens is 268 g/mol. The van der Waals surface area contributed by atoms with E-state index in [0.29, 0.717) is 13.0 Å². The van der Waals surface area contributed by atoms with Crippen molar-refractivity contribution < 1.29 is 0 Å². The summed E-state index contributed by atoms with van der Waals surface area (Å²) in [6.07, 6.45) is 4.17. The first-order valence-electron chi connectivity index (χ1n) is 6.35. The summed E-state index contributed by atoms with van der Waals surface area (Å²) in [5, 5.41) is 3.07. The third-order valence-corrected chi connectivity index (χ3v) is 3.89. The van der Waals surface area contributed by atoms with Crippen LogP contribution < -0.4 is 5.73 Å². The van der Waals surface area contributed by atoms with Gasteiger partial charge in [0.2, 0.25) is 0 Å². The molecule has 0 aliphatic rings. The van der Waals surface area contributed by atoms with E-state index >= 15 is 0 Å². The number of nitrogens with two attached hydrogens (primary N) is 1. The van der Waals surface area contributed by atoms with Crippen molar-refractivity contribution in [1.29, 1.82) is 0 Å². The molecule has 3 aromatic rings. The van der Waals surface area contributed by atoms with Crippen molar-refractivity contribution in [2.75, 3.05) is 0 Å². The number of hydrogen-bond donors (Lipinski definition) is 1. The molecule has 0 bridgehead atoms. The molecular formula is C15H14N4S. The highest BCUT2D eigenvalue weighted by Crippen LogP contribution is 2.24. The first kappa shape index (κ1) is 12.9. The summed E-state index contributed by atoms with van der Waals surface area (Å²) in [4.78, 5) is 13.1. The Morgan fingerprint density at radius 3 is 2.50 bits per heavy atom. The SMILES string of the molecule is NCc1ccc(-c2nc(Cc3ncccn3)cs2)cc1. The predicted molar refractivity (Wildman–Crippen MR) is 80.3 cm³/mol. The zero-order chi connectivity index (χ0) is 13.8. The van der Waals surface area contributed by atoms with Gasteiger partial charge in [0, 0.05) is 29.9 Å². The molecule has 0 atom stereocenters. The Morgan fingerprint density at radius 1 is 1.05 bits per heavy atom. The number of nitrogens with zero attached hydrogens (tertiary/aromatic N) is 3. The molecule has 0 unspecified atom stereocenters. The van der Waals surface area contributed by atoms with E-state index in [1.54, 1.807) is 23.7 Å². The van der Waals surface area contributed by atoms with E-state index in [0.717, 1.165) is 27.7 Å². The highest BCUT2D eigenvalue weighted by Gasteiger charge is 2.06. The minimum Gasteiger partial charge on any atom is -0.326 e. The standard InChI is InChI=1S/C15H14N4S/c16-9-11-2-4-12(5-3-11)15-19-13(10-20-15)8-14-17-6-1-7-18-14/h1-7,10H,8-9,16H2. The average molecular weight is 282 g/mol. The smallest absolute Gasteiger partial charge is 0.134 e. The van der Waals surface area contributed by atoms with Crippen LogP contribution in [0.5, 0.6) is 0 Å². The quantitative estimate of drug-likeness (QED) is 0.799. The van der Waals surface area contributed by atoms with Crippen molar-refractivity contribution in [2.45, 2.75) is 13.0 Å². The fourth-order valence-electron chi connectivity index (χ4n) is 1.89. The van der Waals surface area contributed by atoms with Crippen molar-refractivity contribution in [3.05, 3.63) is 65.2 Å². The van der Waals surface area contributed by atoms with Gasteiger partial charge >= 0.3 is 0 Å². The van der Waals surface area contributed by atoms with Gasteiger partial charge in [-0.3, -0.25) is 0 Å². The van der Waals surface area contributed by atoms with Gasteiger partial charge in [0.1, 0.15) is 10.8 Å². The van der Waals surface area contributed by atoms with Crippen molar-refractivity contribution in [3.63, 3.8) is 0 Å². The lowest BCUT2D eigenvalue weighted by molar-refractivity contribution is 0.945. The van der Waals surface area contributed by atoms with E-state index in [9.17, 15) is 0 Å². The molecule has 20 heavy (non-hydrogen) atoms. The van der Waals surface area contributed by atoms with Crippen molar-refractivity contribution in [1.82, 2.24) is 15.0 Å². The average Bonchev–Trinajstić information content (AvgIpc) is 2.97. The molecule has 3 rings (SSSR count). The number of hydrogen-bond acceptors (Lipinski definition) is 5. The minimum absolute atomic E-state index is 0.564. The summed E-state index contributed by atoms with van der Waals surface area (Å²) >= 11 is 1.64. The summed E-state index contributed by atoms with van der Waals surface area (Å²) in [7, 11) is 0. The number of aromatic nitrogens is 3. The molecule has 0 aliphatic heterocycles. The maximum absolute atomic E-state index is 5.60. The number of benzene rings is 1. The third kappa shape index (κ3) is 2.89. The summed E-state index contributed by atoms with van der Waals surface area (Å²) in [6.45, 7) is 0.564. The van der Waals surface area contributed by atoms with Gasteiger partial charge in [-0.2, -0.15) is 0 Å². The van der Waals surface area contributed by atoms with E-state index < -0.39 is 0 Å². The fraction of sp³-hybridized carbons (Fsp3) is 0.133. The lowest BCUT2D eigenvalue weighted by Gasteiger charge is -1.99. The van der Waals surface area contributed by atoms with E-state index in [-0.39, 0.29) is 0 Å². The normalized spacial score (nSPS) is 10.7. The maximum atomic E-state index is 5.60. The molecule has 1 aromatic carbocycles. The lowest BCUT2D eigenvalue weighted by Crippen LogP contribution is -1.96. The highest BCUT2D eigenvalue weighted by atomic mass is 32.1. The Morgan fingerprint density at radius 2 is 1.80 bits per heavy atom. The Labute approximate surface area is 121 Å². The highest BCUT2D eigenvalue weighted by molar-refractivity contribution is 7.13. The van der Waals surface area contributed by atoms with Gasteiger partial charge in [0.15, 0.2) is 0 Å². The molecule has 0 aliphatic carbocycles. The minimum atomic E-state index is 0.564. The Bertz CT molecular complexity index is 677. The van der Waals surface area contributed by atoms with Gasteiger partial charge in [-0.1, -0.05) is 24.3 Å². The van der Waals surface area contributed by atoms with Gasteiger partial charge < -0.3 is 5.73 Å². The Balaban J connectivity index is 1.79. The van der Waals surface area contributed by atoms with Crippen LogP contribution >= 0.6 is 11.3 Å².